The fraction of sp³-hybridized carbons (Fsp3) is 0.484. The van der Waals surface area contributed by atoms with Crippen molar-refractivity contribution in [3.8, 4) is 6.07 Å². The lowest BCUT2D eigenvalue weighted by atomic mass is 9.90. The lowest BCUT2D eigenvalue weighted by Gasteiger charge is -2.14. The van der Waals surface area contributed by atoms with Gasteiger partial charge in [0.2, 0.25) is 0 Å². The Kier molecular flexibility index (Phi) is 10.4. The number of aryl methyl sites for hydroxylation is 1. The molecule has 1 amide bonds. The number of Topliss-reactive ketones (excluding diaryl/α,β-unsaturated/α-hetero) is 1. The minimum Gasteiger partial charge on any atom is -0.335 e. The number of carbonyl (C=O) groups is 2. The minimum absolute atomic E-state index is 0.241. The van der Waals surface area contributed by atoms with Crippen LogP contribution in [0.1, 0.15) is 106 Å². The molecule has 1 aliphatic carbocycles. The van der Waals surface area contributed by atoms with Gasteiger partial charge in [0.1, 0.15) is 11.4 Å². The van der Waals surface area contributed by atoms with E-state index in [9.17, 15) is 9.59 Å². The molecule has 1 saturated carbocycles. The van der Waals surface area contributed by atoms with Gasteiger partial charge in [0.25, 0.3) is 5.91 Å². The number of fused-ring (bicyclic) bond motifs is 1. The van der Waals surface area contributed by atoms with Crippen molar-refractivity contribution in [1.82, 2.24) is 9.55 Å². The zero-order chi connectivity index (χ0) is 26.8. The molecule has 4 rings (SSSR count). The molecule has 0 bridgehead atoms. The molecule has 3 aromatic rings. The SMILES string of the molecule is CCC(=O)C1CCCC1.CCCC(CCC)c1cn(C)c2ncc(NC(=O)c3cccc(C#N)c3)cc12. The van der Waals surface area contributed by atoms with Crippen LogP contribution in [0.2, 0.25) is 0 Å². The lowest BCUT2D eigenvalue weighted by Crippen LogP contribution is -2.12. The highest BCUT2D eigenvalue weighted by molar-refractivity contribution is 6.05. The molecule has 0 aliphatic heterocycles. The van der Waals surface area contributed by atoms with Crippen LogP contribution in [0.4, 0.5) is 5.69 Å². The highest BCUT2D eigenvalue weighted by atomic mass is 16.1. The molecular formula is C31H40N4O2. The fourth-order valence-electron chi connectivity index (χ4n) is 5.31. The standard InChI is InChI=1S/C23H26N4O.C8H14O/c1-4-7-17(8-5-2)21-15-27(3)22-20(21)12-19(14-25-22)26-23(28)18-10-6-9-16(11-18)13-24;1-2-8(9)7-5-3-4-6-7/h6,9-12,14-15,17H,4-5,7-8H2,1-3H3,(H,26,28);7H,2-6H2,1H3. The Labute approximate surface area is 221 Å². The van der Waals surface area contributed by atoms with E-state index in [1.54, 1.807) is 30.5 Å². The van der Waals surface area contributed by atoms with Crippen LogP contribution in [0.15, 0.2) is 42.7 Å². The third-order valence-electron chi connectivity index (χ3n) is 7.23. The molecule has 0 radical (unpaired) electrons. The number of nitrogens with zero attached hydrogens (tertiary/aromatic N) is 3. The number of rotatable bonds is 9. The molecule has 1 aliphatic rings. The summed E-state index contributed by atoms with van der Waals surface area (Å²) >= 11 is 0. The second kappa shape index (κ2) is 13.7. The van der Waals surface area contributed by atoms with Crippen molar-refractivity contribution in [3.05, 3.63) is 59.4 Å². The summed E-state index contributed by atoms with van der Waals surface area (Å²) in [5.74, 6) is 1.18. The summed E-state index contributed by atoms with van der Waals surface area (Å²) in [5.41, 5.74) is 3.82. The van der Waals surface area contributed by atoms with Gasteiger partial charge in [0.15, 0.2) is 0 Å². The largest absolute Gasteiger partial charge is 0.335 e. The molecule has 0 atom stereocenters. The number of nitrogens with one attached hydrogen (secondary N) is 1. The Balaban J connectivity index is 0.000000356. The maximum Gasteiger partial charge on any atom is 0.255 e. The van der Waals surface area contributed by atoms with E-state index in [0.29, 0.717) is 34.4 Å². The van der Waals surface area contributed by atoms with E-state index in [0.717, 1.165) is 56.0 Å². The van der Waals surface area contributed by atoms with Crippen LogP contribution in [0.25, 0.3) is 11.0 Å². The molecule has 0 unspecified atom stereocenters. The van der Waals surface area contributed by atoms with Gasteiger partial charge in [-0.3, -0.25) is 9.59 Å². The number of aromatic nitrogens is 2. The van der Waals surface area contributed by atoms with Crippen molar-refractivity contribution < 1.29 is 9.59 Å². The maximum atomic E-state index is 12.6. The quantitative estimate of drug-likeness (QED) is 0.329. The fourth-order valence-corrected chi connectivity index (χ4v) is 5.31. The lowest BCUT2D eigenvalue weighted by molar-refractivity contribution is -0.122. The van der Waals surface area contributed by atoms with Crippen molar-refractivity contribution in [2.24, 2.45) is 13.0 Å². The number of ketones is 1. The molecule has 2 heterocycles. The molecule has 1 aromatic carbocycles. The highest BCUT2D eigenvalue weighted by Crippen LogP contribution is 2.34. The molecule has 1 N–H and O–H groups in total. The molecule has 6 heteroatoms. The van der Waals surface area contributed by atoms with E-state index in [2.05, 4.69) is 41.0 Å². The van der Waals surface area contributed by atoms with Crippen LogP contribution in [0, 0.1) is 17.2 Å². The Hall–Kier alpha value is -3.46. The normalized spacial score (nSPS) is 13.3. The topological polar surface area (TPSA) is 87.8 Å². The van der Waals surface area contributed by atoms with Gasteiger partial charge >= 0.3 is 0 Å². The molecule has 37 heavy (non-hydrogen) atoms. The van der Waals surface area contributed by atoms with Gasteiger partial charge < -0.3 is 9.88 Å². The third-order valence-corrected chi connectivity index (χ3v) is 7.23. The van der Waals surface area contributed by atoms with Crippen LogP contribution < -0.4 is 5.32 Å². The zero-order valence-corrected chi connectivity index (χ0v) is 22.7. The second-order valence-corrected chi connectivity index (χ2v) is 10.0. The molecule has 0 saturated heterocycles. The molecular weight excluding hydrogens is 460 g/mol. The number of anilines is 1. The minimum atomic E-state index is -0.241. The summed E-state index contributed by atoms with van der Waals surface area (Å²) in [4.78, 5) is 28.2. The second-order valence-electron chi connectivity index (χ2n) is 10.0. The Morgan fingerprint density at radius 2 is 1.84 bits per heavy atom. The summed E-state index contributed by atoms with van der Waals surface area (Å²) in [6.07, 6.45) is 14.0. The van der Waals surface area contributed by atoms with Gasteiger partial charge in [-0.05, 0) is 61.4 Å². The third kappa shape index (κ3) is 7.29. The van der Waals surface area contributed by atoms with Crippen LogP contribution in [0.5, 0.6) is 0 Å². The Morgan fingerprint density at radius 3 is 2.46 bits per heavy atom. The smallest absolute Gasteiger partial charge is 0.255 e. The van der Waals surface area contributed by atoms with Crippen LogP contribution in [0.3, 0.4) is 0 Å². The Morgan fingerprint density at radius 1 is 1.14 bits per heavy atom. The first-order valence-corrected chi connectivity index (χ1v) is 13.7. The van der Waals surface area contributed by atoms with E-state index in [-0.39, 0.29) is 5.91 Å². The monoisotopic (exact) mass is 500 g/mol. The van der Waals surface area contributed by atoms with Crippen molar-refractivity contribution >= 4 is 28.4 Å². The highest BCUT2D eigenvalue weighted by Gasteiger charge is 2.20. The van der Waals surface area contributed by atoms with Gasteiger partial charge in [-0.2, -0.15) is 5.26 Å². The van der Waals surface area contributed by atoms with E-state index in [1.807, 2.05) is 20.0 Å². The number of carbonyl (C=O) groups excluding carboxylic acids is 2. The van der Waals surface area contributed by atoms with E-state index in [1.165, 1.54) is 18.4 Å². The first kappa shape index (κ1) is 28.1. The number of amides is 1. The maximum absolute atomic E-state index is 12.6. The number of hydrogen-bond acceptors (Lipinski definition) is 4. The number of nitriles is 1. The average Bonchev–Trinajstić information content (AvgIpc) is 3.57. The number of benzene rings is 1. The van der Waals surface area contributed by atoms with Crippen molar-refractivity contribution in [2.45, 2.75) is 84.5 Å². The average molecular weight is 501 g/mol. The van der Waals surface area contributed by atoms with Gasteiger partial charge in [0.05, 0.1) is 23.5 Å². The molecule has 196 valence electrons. The van der Waals surface area contributed by atoms with Gasteiger partial charge in [0, 0.05) is 36.5 Å². The van der Waals surface area contributed by atoms with Crippen molar-refractivity contribution in [2.75, 3.05) is 5.32 Å². The van der Waals surface area contributed by atoms with Crippen LogP contribution in [-0.2, 0) is 11.8 Å². The van der Waals surface area contributed by atoms with Gasteiger partial charge in [-0.15, -0.1) is 0 Å². The summed E-state index contributed by atoms with van der Waals surface area (Å²) in [7, 11) is 2.01. The number of pyridine rings is 1. The summed E-state index contributed by atoms with van der Waals surface area (Å²) < 4.78 is 2.06. The Bertz CT molecular complexity index is 1240. The van der Waals surface area contributed by atoms with Gasteiger partial charge in [-0.25, -0.2) is 4.98 Å². The van der Waals surface area contributed by atoms with Gasteiger partial charge in [-0.1, -0.05) is 52.5 Å². The van der Waals surface area contributed by atoms with Crippen LogP contribution in [-0.4, -0.2) is 21.2 Å². The van der Waals surface area contributed by atoms with Crippen molar-refractivity contribution in [3.63, 3.8) is 0 Å². The van der Waals surface area contributed by atoms with Crippen molar-refractivity contribution in [1.29, 1.82) is 5.26 Å². The van der Waals surface area contributed by atoms with E-state index >= 15 is 0 Å². The summed E-state index contributed by atoms with van der Waals surface area (Å²) in [5, 5.41) is 13.0. The first-order chi connectivity index (χ1) is 17.9. The predicted molar refractivity (Wildman–Crippen MR) is 150 cm³/mol. The molecule has 2 aromatic heterocycles. The zero-order valence-electron chi connectivity index (χ0n) is 22.7. The predicted octanol–water partition coefficient (Wildman–Crippen LogP) is 7.54. The van der Waals surface area contributed by atoms with Crippen LogP contribution >= 0.6 is 0 Å². The molecule has 1 fully saturated rings. The molecule has 0 spiro atoms. The summed E-state index contributed by atoms with van der Waals surface area (Å²) in [6, 6.07) is 10.8. The van der Waals surface area contributed by atoms with E-state index in [4.69, 9.17) is 5.26 Å². The number of hydrogen-bond donors (Lipinski definition) is 1. The molecule has 6 nitrogen and oxygen atoms in total. The first-order valence-electron chi connectivity index (χ1n) is 13.7. The van der Waals surface area contributed by atoms with E-state index < -0.39 is 0 Å². The summed E-state index contributed by atoms with van der Waals surface area (Å²) in [6.45, 7) is 6.39.